The van der Waals surface area contributed by atoms with Gasteiger partial charge in [0.1, 0.15) is 16.0 Å². The van der Waals surface area contributed by atoms with E-state index in [1.807, 2.05) is 0 Å². The highest BCUT2D eigenvalue weighted by molar-refractivity contribution is 6.43. The molecular formula is C10H5Cl3FN3O. The highest BCUT2D eigenvalue weighted by Gasteiger charge is 2.18. The zero-order valence-corrected chi connectivity index (χ0v) is 10.9. The molecule has 0 atom stereocenters. The van der Waals surface area contributed by atoms with Gasteiger partial charge in [-0.2, -0.15) is 5.10 Å². The summed E-state index contributed by atoms with van der Waals surface area (Å²) in [5.41, 5.74) is 0.181. The fourth-order valence-electron chi connectivity index (χ4n) is 1.23. The van der Waals surface area contributed by atoms with Crippen molar-refractivity contribution in [2.45, 2.75) is 0 Å². The van der Waals surface area contributed by atoms with Gasteiger partial charge in [-0.15, -0.1) is 0 Å². The summed E-state index contributed by atoms with van der Waals surface area (Å²) in [7, 11) is 0. The monoisotopic (exact) mass is 307 g/mol. The molecule has 0 saturated carbocycles. The molecule has 0 radical (unpaired) electrons. The van der Waals surface area contributed by atoms with Gasteiger partial charge in [-0.25, -0.2) is 4.39 Å². The molecule has 1 amide bonds. The van der Waals surface area contributed by atoms with E-state index in [0.29, 0.717) is 0 Å². The molecule has 0 fully saturated rings. The normalized spacial score (nSPS) is 10.4. The second kappa shape index (κ2) is 5.14. The molecule has 1 aromatic carbocycles. The molecule has 2 aromatic rings. The number of amides is 1. The maximum absolute atomic E-state index is 12.8. The average molecular weight is 309 g/mol. The SMILES string of the molecule is O=C(Nc1ccc(F)cc1Cl)c1n[nH]c(Cl)c1Cl. The molecule has 0 aliphatic heterocycles. The molecule has 0 saturated heterocycles. The molecule has 2 N–H and O–H groups in total. The number of hydrogen-bond acceptors (Lipinski definition) is 2. The molecule has 4 nitrogen and oxygen atoms in total. The van der Waals surface area contributed by atoms with Crippen LogP contribution >= 0.6 is 34.8 Å². The van der Waals surface area contributed by atoms with Crippen LogP contribution in [0.4, 0.5) is 10.1 Å². The lowest BCUT2D eigenvalue weighted by molar-refractivity contribution is 0.102. The number of hydrogen-bond donors (Lipinski definition) is 2. The van der Waals surface area contributed by atoms with Crippen LogP contribution in [0, 0.1) is 5.82 Å². The van der Waals surface area contributed by atoms with Gasteiger partial charge in [0.2, 0.25) is 0 Å². The molecule has 94 valence electrons. The Morgan fingerprint density at radius 1 is 1.33 bits per heavy atom. The zero-order valence-electron chi connectivity index (χ0n) is 8.60. The number of aromatic amines is 1. The van der Waals surface area contributed by atoms with Gasteiger partial charge in [-0.1, -0.05) is 34.8 Å². The minimum atomic E-state index is -0.600. The largest absolute Gasteiger partial charge is 0.319 e. The number of aromatic nitrogens is 2. The summed E-state index contributed by atoms with van der Waals surface area (Å²) in [5.74, 6) is -1.10. The van der Waals surface area contributed by atoms with Crippen molar-refractivity contribution in [1.82, 2.24) is 10.2 Å². The smallest absolute Gasteiger partial charge is 0.277 e. The molecule has 18 heavy (non-hydrogen) atoms. The van der Waals surface area contributed by atoms with Gasteiger partial charge in [0, 0.05) is 0 Å². The Labute approximate surface area is 116 Å². The predicted octanol–water partition coefficient (Wildman–Crippen LogP) is 3.76. The zero-order chi connectivity index (χ0) is 13.3. The summed E-state index contributed by atoms with van der Waals surface area (Å²) in [4.78, 5) is 11.8. The molecule has 1 heterocycles. The fourth-order valence-corrected chi connectivity index (χ4v) is 1.75. The first-order chi connectivity index (χ1) is 8.49. The Balaban J connectivity index is 2.24. The van der Waals surface area contributed by atoms with Crippen LogP contribution in [-0.2, 0) is 0 Å². The standard InChI is InChI=1S/C10H5Cl3FN3O/c11-5-3-4(14)1-2-6(5)15-10(18)8-7(12)9(13)17-16-8/h1-3H,(H,15,18)(H,16,17). The Morgan fingerprint density at radius 2 is 2.06 bits per heavy atom. The first-order valence-electron chi connectivity index (χ1n) is 4.65. The second-order valence-corrected chi connectivity index (χ2v) is 4.44. The predicted molar refractivity (Wildman–Crippen MR) is 68.0 cm³/mol. The fraction of sp³-hybridized carbons (Fsp3) is 0. The van der Waals surface area contributed by atoms with Crippen molar-refractivity contribution in [3.63, 3.8) is 0 Å². The van der Waals surface area contributed by atoms with Gasteiger partial charge in [0.05, 0.1) is 10.7 Å². The van der Waals surface area contributed by atoms with E-state index in [1.165, 1.54) is 12.1 Å². The molecule has 0 aliphatic carbocycles. The van der Waals surface area contributed by atoms with E-state index in [-0.39, 0.29) is 26.6 Å². The molecular weight excluding hydrogens is 303 g/mol. The topological polar surface area (TPSA) is 57.8 Å². The minimum Gasteiger partial charge on any atom is -0.319 e. The first-order valence-corrected chi connectivity index (χ1v) is 5.78. The van der Waals surface area contributed by atoms with Crippen LogP contribution in [0.15, 0.2) is 18.2 Å². The number of carbonyl (C=O) groups is 1. The molecule has 8 heteroatoms. The van der Waals surface area contributed by atoms with E-state index in [1.54, 1.807) is 0 Å². The van der Waals surface area contributed by atoms with Crippen LogP contribution in [0.1, 0.15) is 10.5 Å². The van der Waals surface area contributed by atoms with Crippen molar-refractivity contribution in [1.29, 1.82) is 0 Å². The van der Waals surface area contributed by atoms with Crippen LogP contribution in [0.2, 0.25) is 15.2 Å². The summed E-state index contributed by atoms with van der Waals surface area (Å²) in [6.45, 7) is 0. The average Bonchev–Trinajstić information content (AvgIpc) is 2.64. The Morgan fingerprint density at radius 3 is 2.61 bits per heavy atom. The van der Waals surface area contributed by atoms with Gasteiger partial charge >= 0.3 is 0 Å². The number of benzene rings is 1. The summed E-state index contributed by atoms with van der Waals surface area (Å²) in [6.07, 6.45) is 0. The van der Waals surface area contributed by atoms with Gasteiger partial charge in [0.25, 0.3) is 5.91 Å². The van der Waals surface area contributed by atoms with Gasteiger partial charge in [-0.05, 0) is 18.2 Å². The number of halogens is 4. The van der Waals surface area contributed by atoms with E-state index >= 15 is 0 Å². The van der Waals surface area contributed by atoms with Crippen LogP contribution in [0.3, 0.4) is 0 Å². The van der Waals surface area contributed by atoms with E-state index in [2.05, 4.69) is 15.5 Å². The summed E-state index contributed by atoms with van der Waals surface area (Å²) < 4.78 is 12.8. The third kappa shape index (κ3) is 2.58. The quantitative estimate of drug-likeness (QED) is 0.887. The maximum Gasteiger partial charge on any atom is 0.277 e. The minimum absolute atomic E-state index is 0.00685. The second-order valence-electron chi connectivity index (χ2n) is 3.28. The summed E-state index contributed by atoms with van der Waals surface area (Å²) in [5, 5.41) is 8.58. The Bertz CT molecular complexity index is 614. The summed E-state index contributed by atoms with van der Waals surface area (Å²) in [6, 6.07) is 3.58. The summed E-state index contributed by atoms with van der Waals surface area (Å²) >= 11 is 17.1. The van der Waals surface area contributed by atoms with Crippen molar-refractivity contribution in [2.24, 2.45) is 0 Å². The lowest BCUT2D eigenvalue weighted by Gasteiger charge is -2.05. The van der Waals surface area contributed by atoms with E-state index < -0.39 is 11.7 Å². The highest BCUT2D eigenvalue weighted by Crippen LogP contribution is 2.26. The maximum atomic E-state index is 12.8. The number of anilines is 1. The van der Waals surface area contributed by atoms with Crippen molar-refractivity contribution in [3.8, 4) is 0 Å². The number of nitrogens with one attached hydrogen (secondary N) is 2. The third-order valence-electron chi connectivity index (χ3n) is 2.06. The number of nitrogens with zero attached hydrogens (tertiary/aromatic N) is 1. The number of H-pyrrole nitrogens is 1. The van der Waals surface area contributed by atoms with Crippen LogP contribution < -0.4 is 5.32 Å². The van der Waals surface area contributed by atoms with Crippen molar-refractivity contribution >= 4 is 46.4 Å². The first kappa shape index (κ1) is 13.1. The number of carbonyl (C=O) groups excluding carboxylic acids is 1. The molecule has 0 aliphatic rings. The van der Waals surface area contributed by atoms with E-state index in [9.17, 15) is 9.18 Å². The Kier molecular flexibility index (Phi) is 3.75. The highest BCUT2D eigenvalue weighted by atomic mass is 35.5. The van der Waals surface area contributed by atoms with Crippen molar-refractivity contribution in [2.75, 3.05) is 5.32 Å². The van der Waals surface area contributed by atoms with Gasteiger partial charge < -0.3 is 5.32 Å². The third-order valence-corrected chi connectivity index (χ3v) is 3.11. The van der Waals surface area contributed by atoms with Gasteiger partial charge in [0.15, 0.2) is 5.69 Å². The van der Waals surface area contributed by atoms with Crippen molar-refractivity contribution < 1.29 is 9.18 Å². The van der Waals surface area contributed by atoms with Crippen LogP contribution in [0.5, 0.6) is 0 Å². The molecule has 1 aromatic heterocycles. The van der Waals surface area contributed by atoms with E-state index in [0.717, 1.165) is 6.07 Å². The molecule has 0 bridgehead atoms. The van der Waals surface area contributed by atoms with Gasteiger partial charge in [-0.3, -0.25) is 9.89 Å². The molecule has 0 unspecified atom stereocenters. The van der Waals surface area contributed by atoms with Crippen molar-refractivity contribution in [3.05, 3.63) is 44.9 Å². The molecule has 0 spiro atoms. The lowest BCUT2D eigenvalue weighted by Crippen LogP contribution is -2.13. The van der Waals surface area contributed by atoms with Crippen LogP contribution in [0.25, 0.3) is 0 Å². The molecule has 2 rings (SSSR count). The lowest BCUT2D eigenvalue weighted by atomic mass is 10.3. The Hall–Kier alpha value is -1.30. The van der Waals surface area contributed by atoms with E-state index in [4.69, 9.17) is 34.8 Å². The number of rotatable bonds is 2. The van der Waals surface area contributed by atoms with Crippen LogP contribution in [-0.4, -0.2) is 16.1 Å².